The first-order valence-electron chi connectivity index (χ1n) is 7.58. The van der Waals surface area contributed by atoms with E-state index in [-0.39, 0.29) is 0 Å². The molecule has 0 bridgehead atoms. The highest BCUT2D eigenvalue weighted by Gasteiger charge is 2.25. The molecule has 0 saturated carbocycles. The molecule has 2 unspecified atom stereocenters. The topological polar surface area (TPSA) is 58.4 Å². The Labute approximate surface area is 120 Å². The number of aromatic nitrogens is 2. The average molecular weight is 279 g/mol. The zero-order valence-electron chi connectivity index (χ0n) is 12.5. The molecular formula is C15H25N3O2. The maximum atomic E-state index is 10.7. The van der Waals surface area contributed by atoms with Crippen LogP contribution in [0.3, 0.4) is 0 Å². The van der Waals surface area contributed by atoms with Crippen molar-refractivity contribution in [1.29, 1.82) is 0 Å². The van der Waals surface area contributed by atoms with Gasteiger partial charge in [-0.15, -0.1) is 0 Å². The number of likely N-dealkylation sites (tertiary alicyclic amines) is 1. The number of carboxylic acid groups (broad SMARTS) is 1. The maximum absolute atomic E-state index is 10.7. The Hall–Kier alpha value is -1.36. The lowest BCUT2D eigenvalue weighted by atomic mass is 9.92. The van der Waals surface area contributed by atoms with Gasteiger partial charge in [-0.05, 0) is 45.6 Å². The predicted molar refractivity (Wildman–Crippen MR) is 77.5 cm³/mol. The molecule has 0 radical (unpaired) electrons. The van der Waals surface area contributed by atoms with E-state index >= 15 is 0 Å². The van der Waals surface area contributed by atoms with Gasteiger partial charge in [-0.1, -0.05) is 0 Å². The predicted octanol–water partition coefficient (Wildman–Crippen LogP) is 2.54. The van der Waals surface area contributed by atoms with Crippen LogP contribution in [0.4, 0.5) is 0 Å². The molecule has 20 heavy (non-hydrogen) atoms. The second kappa shape index (κ2) is 6.88. The van der Waals surface area contributed by atoms with E-state index in [9.17, 15) is 4.79 Å². The number of hydrogen-bond acceptors (Lipinski definition) is 3. The zero-order valence-corrected chi connectivity index (χ0v) is 12.5. The van der Waals surface area contributed by atoms with E-state index in [0.29, 0.717) is 18.4 Å². The van der Waals surface area contributed by atoms with Crippen molar-refractivity contribution < 1.29 is 9.90 Å². The average Bonchev–Trinajstić information content (AvgIpc) is 2.93. The molecule has 2 heterocycles. The van der Waals surface area contributed by atoms with Crippen LogP contribution in [0.25, 0.3) is 0 Å². The summed E-state index contributed by atoms with van der Waals surface area (Å²) in [6.07, 6.45) is 7.48. The third-order valence-electron chi connectivity index (χ3n) is 4.32. The molecule has 1 N–H and O–H groups in total. The molecule has 0 aliphatic carbocycles. The molecule has 1 aromatic rings. The van der Waals surface area contributed by atoms with E-state index in [1.165, 1.54) is 5.56 Å². The van der Waals surface area contributed by atoms with Crippen molar-refractivity contribution in [3.05, 3.63) is 18.0 Å². The monoisotopic (exact) mass is 279 g/mol. The third-order valence-corrected chi connectivity index (χ3v) is 4.32. The van der Waals surface area contributed by atoms with Gasteiger partial charge >= 0.3 is 5.97 Å². The summed E-state index contributed by atoms with van der Waals surface area (Å²) in [6.45, 7) is 7.31. The van der Waals surface area contributed by atoms with Gasteiger partial charge in [-0.2, -0.15) is 5.10 Å². The van der Waals surface area contributed by atoms with Gasteiger partial charge in [-0.3, -0.25) is 14.4 Å². The number of nitrogens with zero attached hydrogens (tertiary/aromatic N) is 3. The summed E-state index contributed by atoms with van der Waals surface area (Å²) in [7, 11) is 0. The number of rotatable bonds is 6. The molecule has 0 aromatic carbocycles. The zero-order chi connectivity index (χ0) is 14.5. The van der Waals surface area contributed by atoms with Gasteiger partial charge in [0.1, 0.15) is 0 Å². The second-order valence-electron chi connectivity index (χ2n) is 5.74. The molecule has 1 aromatic heterocycles. The Morgan fingerprint density at radius 1 is 1.60 bits per heavy atom. The van der Waals surface area contributed by atoms with Crippen LogP contribution in [0.5, 0.6) is 0 Å². The minimum absolute atomic E-state index is 0.292. The second-order valence-corrected chi connectivity index (χ2v) is 5.74. The van der Waals surface area contributed by atoms with Crippen molar-refractivity contribution in [3.63, 3.8) is 0 Å². The van der Waals surface area contributed by atoms with Crippen LogP contribution in [-0.2, 0) is 11.3 Å². The summed E-state index contributed by atoms with van der Waals surface area (Å²) in [5.74, 6) is -0.164. The summed E-state index contributed by atoms with van der Waals surface area (Å²) in [5.41, 5.74) is 1.26. The minimum atomic E-state index is -0.681. The van der Waals surface area contributed by atoms with Crippen molar-refractivity contribution in [3.8, 4) is 0 Å². The summed E-state index contributed by atoms with van der Waals surface area (Å²) >= 11 is 0. The highest BCUT2D eigenvalue weighted by Crippen LogP contribution is 2.28. The number of aliphatic carboxylic acids is 1. The summed E-state index contributed by atoms with van der Waals surface area (Å²) in [6, 6.07) is 0.364. The lowest BCUT2D eigenvalue weighted by Gasteiger charge is -2.36. The van der Waals surface area contributed by atoms with E-state index < -0.39 is 5.97 Å². The molecule has 5 nitrogen and oxygen atoms in total. The highest BCUT2D eigenvalue weighted by molar-refractivity contribution is 5.66. The van der Waals surface area contributed by atoms with Crippen LogP contribution in [0.2, 0.25) is 0 Å². The molecule has 2 rings (SSSR count). The maximum Gasteiger partial charge on any atom is 0.303 e. The van der Waals surface area contributed by atoms with Crippen LogP contribution < -0.4 is 0 Å². The number of piperidine rings is 1. The SMILES string of the molecule is CCn1cc(C(C)N2CCCC(CCC(=O)O)C2)cn1. The molecule has 1 aliphatic heterocycles. The van der Waals surface area contributed by atoms with Crippen molar-refractivity contribution in [2.24, 2.45) is 5.92 Å². The Balaban J connectivity index is 1.92. The van der Waals surface area contributed by atoms with Gasteiger partial charge in [0.2, 0.25) is 0 Å². The van der Waals surface area contributed by atoms with Gasteiger partial charge in [0.25, 0.3) is 0 Å². The summed E-state index contributed by atoms with van der Waals surface area (Å²) in [4.78, 5) is 13.2. The Morgan fingerprint density at radius 2 is 2.40 bits per heavy atom. The van der Waals surface area contributed by atoms with Crippen LogP contribution >= 0.6 is 0 Å². The minimum Gasteiger partial charge on any atom is -0.481 e. The first kappa shape index (κ1) is 15.0. The van der Waals surface area contributed by atoms with Crippen molar-refractivity contribution in [2.75, 3.05) is 13.1 Å². The molecule has 2 atom stereocenters. The van der Waals surface area contributed by atoms with Gasteiger partial charge < -0.3 is 5.11 Å². The van der Waals surface area contributed by atoms with Crippen LogP contribution in [0.1, 0.15) is 51.1 Å². The first-order chi connectivity index (χ1) is 9.60. The molecule has 1 fully saturated rings. The fourth-order valence-corrected chi connectivity index (χ4v) is 2.99. The smallest absolute Gasteiger partial charge is 0.303 e. The van der Waals surface area contributed by atoms with Crippen LogP contribution in [0, 0.1) is 5.92 Å². The number of carbonyl (C=O) groups is 1. The van der Waals surface area contributed by atoms with Crippen molar-refractivity contribution in [2.45, 2.75) is 52.1 Å². The quantitative estimate of drug-likeness (QED) is 0.869. The lowest BCUT2D eigenvalue weighted by Crippen LogP contribution is -2.37. The van der Waals surface area contributed by atoms with Gasteiger partial charge in [-0.25, -0.2) is 0 Å². The standard InChI is InChI=1S/C15H25N3O2/c1-3-18-11-14(9-16-18)12(2)17-8-4-5-13(10-17)6-7-15(19)20/h9,11-13H,3-8,10H2,1-2H3,(H,19,20). The Kier molecular flexibility index (Phi) is 5.17. The lowest BCUT2D eigenvalue weighted by molar-refractivity contribution is -0.137. The Bertz CT molecular complexity index is 444. The molecule has 1 saturated heterocycles. The van der Waals surface area contributed by atoms with Crippen molar-refractivity contribution in [1.82, 2.24) is 14.7 Å². The normalized spacial score (nSPS) is 21.8. The summed E-state index contributed by atoms with van der Waals surface area (Å²) < 4.78 is 1.96. The molecular weight excluding hydrogens is 254 g/mol. The number of carboxylic acids is 1. The van der Waals surface area contributed by atoms with E-state index in [2.05, 4.69) is 30.0 Å². The summed E-state index contributed by atoms with van der Waals surface area (Å²) in [5, 5.41) is 13.1. The first-order valence-corrected chi connectivity index (χ1v) is 7.58. The van der Waals surface area contributed by atoms with Crippen LogP contribution in [0.15, 0.2) is 12.4 Å². The molecule has 0 spiro atoms. The largest absolute Gasteiger partial charge is 0.481 e. The highest BCUT2D eigenvalue weighted by atomic mass is 16.4. The molecule has 1 aliphatic rings. The van der Waals surface area contributed by atoms with E-state index in [4.69, 9.17) is 5.11 Å². The van der Waals surface area contributed by atoms with Crippen LogP contribution in [-0.4, -0.2) is 38.8 Å². The van der Waals surface area contributed by atoms with E-state index in [1.807, 2.05) is 10.9 Å². The van der Waals surface area contributed by atoms with E-state index in [1.54, 1.807) is 0 Å². The van der Waals surface area contributed by atoms with Gasteiger partial charge in [0.15, 0.2) is 0 Å². The Morgan fingerprint density at radius 3 is 3.05 bits per heavy atom. The number of aryl methyl sites for hydroxylation is 1. The van der Waals surface area contributed by atoms with Gasteiger partial charge in [0, 0.05) is 37.3 Å². The molecule has 112 valence electrons. The van der Waals surface area contributed by atoms with Gasteiger partial charge in [0.05, 0.1) is 6.20 Å². The molecule has 0 amide bonds. The van der Waals surface area contributed by atoms with E-state index in [0.717, 1.165) is 38.9 Å². The van der Waals surface area contributed by atoms with Crippen molar-refractivity contribution >= 4 is 5.97 Å². The molecule has 5 heteroatoms. The fourth-order valence-electron chi connectivity index (χ4n) is 2.99. The number of hydrogen-bond donors (Lipinski definition) is 1. The third kappa shape index (κ3) is 3.82. The fraction of sp³-hybridized carbons (Fsp3) is 0.733.